The second kappa shape index (κ2) is 7.40. The van der Waals surface area contributed by atoms with Crippen molar-refractivity contribution in [1.29, 1.82) is 0 Å². The Kier molecular flexibility index (Phi) is 4.81. The van der Waals surface area contributed by atoms with Crippen LogP contribution in [0.5, 0.6) is 0 Å². The molecule has 0 atom stereocenters. The van der Waals surface area contributed by atoms with Gasteiger partial charge in [0.25, 0.3) is 5.91 Å². The third-order valence-electron chi connectivity index (χ3n) is 4.56. The normalized spacial score (nSPS) is 14.4. The Bertz CT molecular complexity index is 952. The molecule has 0 spiro atoms. The summed E-state index contributed by atoms with van der Waals surface area (Å²) >= 11 is 1.03. The number of carbonyl (C=O) groups excluding carboxylic acids is 1. The number of nitrogens with zero attached hydrogens (tertiary/aromatic N) is 4. The molecular formula is C19H16F2N4OS. The summed E-state index contributed by atoms with van der Waals surface area (Å²) in [4.78, 5) is 17.0. The lowest BCUT2D eigenvalue weighted by Crippen LogP contribution is -2.49. The average Bonchev–Trinajstić information content (AvgIpc) is 3.18. The minimum Gasteiger partial charge on any atom is -0.366 e. The monoisotopic (exact) mass is 386 g/mol. The van der Waals surface area contributed by atoms with Gasteiger partial charge < -0.3 is 9.80 Å². The zero-order valence-electron chi connectivity index (χ0n) is 14.3. The number of anilines is 1. The molecule has 1 aliphatic heterocycles. The minimum atomic E-state index is -0.348. The fourth-order valence-electron chi connectivity index (χ4n) is 3.13. The number of carbonyl (C=O) groups is 1. The van der Waals surface area contributed by atoms with Crippen LogP contribution >= 0.6 is 11.5 Å². The molecule has 2 heterocycles. The highest BCUT2D eigenvalue weighted by Crippen LogP contribution is 2.26. The van der Waals surface area contributed by atoms with Crippen molar-refractivity contribution in [2.45, 2.75) is 0 Å². The Hall–Kier alpha value is -2.87. The highest BCUT2D eigenvalue weighted by atomic mass is 32.1. The van der Waals surface area contributed by atoms with Crippen LogP contribution in [0.3, 0.4) is 0 Å². The highest BCUT2D eigenvalue weighted by molar-refractivity contribution is 7.08. The molecule has 0 unspecified atom stereocenters. The molecule has 2 aromatic carbocycles. The van der Waals surface area contributed by atoms with Gasteiger partial charge in [-0.25, -0.2) is 8.78 Å². The molecule has 0 radical (unpaired) electrons. The maximum atomic E-state index is 14.0. The van der Waals surface area contributed by atoms with Gasteiger partial charge in [0.05, 0.1) is 5.69 Å². The molecule has 138 valence electrons. The second-order valence-corrected chi connectivity index (χ2v) is 6.94. The third kappa shape index (κ3) is 3.52. The SMILES string of the molecule is O=C(c1snnc1-c1ccc(F)cc1)N1CCN(c2ccccc2F)CC1. The number of hydrogen-bond acceptors (Lipinski definition) is 5. The topological polar surface area (TPSA) is 49.3 Å². The number of amides is 1. The number of halogens is 2. The van der Waals surface area contributed by atoms with E-state index in [0.29, 0.717) is 48.0 Å². The number of rotatable bonds is 3. The van der Waals surface area contributed by atoms with Crippen molar-refractivity contribution >= 4 is 23.1 Å². The quantitative estimate of drug-likeness (QED) is 0.692. The van der Waals surface area contributed by atoms with Gasteiger partial charge in [0.15, 0.2) is 0 Å². The molecule has 4 rings (SSSR count). The molecule has 5 nitrogen and oxygen atoms in total. The van der Waals surface area contributed by atoms with Crippen molar-refractivity contribution in [2.75, 3.05) is 31.1 Å². The number of para-hydroxylation sites is 1. The van der Waals surface area contributed by atoms with Crippen LogP contribution in [-0.2, 0) is 0 Å². The summed E-state index contributed by atoms with van der Waals surface area (Å²) in [5.41, 5.74) is 1.66. The summed E-state index contributed by atoms with van der Waals surface area (Å²) in [7, 11) is 0. The van der Waals surface area contributed by atoms with Crippen LogP contribution in [0.15, 0.2) is 48.5 Å². The lowest BCUT2D eigenvalue weighted by atomic mass is 10.1. The summed E-state index contributed by atoms with van der Waals surface area (Å²) in [6, 6.07) is 12.5. The standard InChI is InChI=1S/C19H16F2N4OS/c20-14-7-5-13(6-8-14)17-18(27-23-22-17)19(26)25-11-9-24(10-12-25)16-4-2-1-3-15(16)21/h1-8H,9-12H2. The summed E-state index contributed by atoms with van der Waals surface area (Å²) in [6.07, 6.45) is 0. The molecule has 1 fully saturated rings. The summed E-state index contributed by atoms with van der Waals surface area (Å²) in [5, 5.41) is 4.04. The number of benzene rings is 2. The van der Waals surface area contributed by atoms with E-state index in [9.17, 15) is 13.6 Å². The van der Waals surface area contributed by atoms with Gasteiger partial charge in [-0.3, -0.25) is 4.79 Å². The first kappa shape index (κ1) is 17.5. The summed E-state index contributed by atoms with van der Waals surface area (Å²) in [5.74, 6) is -0.765. The van der Waals surface area contributed by atoms with Gasteiger partial charge in [-0.2, -0.15) is 0 Å². The van der Waals surface area contributed by atoms with E-state index in [1.807, 2.05) is 4.90 Å². The van der Waals surface area contributed by atoms with Crippen LogP contribution in [0, 0.1) is 11.6 Å². The summed E-state index contributed by atoms with van der Waals surface area (Å²) in [6.45, 7) is 2.05. The van der Waals surface area contributed by atoms with Crippen LogP contribution in [-0.4, -0.2) is 46.6 Å². The lowest BCUT2D eigenvalue weighted by molar-refractivity contribution is 0.0752. The number of piperazine rings is 1. The fourth-order valence-corrected chi connectivity index (χ4v) is 3.79. The summed E-state index contributed by atoms with van der Waals surface area (Å²) < 4.78 is 31.0. The van der Waals surface area contributed by atoms with Crippen LogP contribution in [0.4, 0.5) is 14.5 Å². The maximum absolute atomic E-state index is 14.0. The van der Waals surface area contributed by atoms with Crippen LogP contribution in [0.25, 0.3) is 11.3 Å². The van der Waals surface area contributed by atoms with Crippen molar-refractivity contribution in [3.05, 3.63) is 65.0 Å². The largest absolute Gasteiger partial charge is 0.366 e. The zero-order valence-corrected chi connectivity index (χ0v) is 15.1. The fraction of sp³-hybridized carbons (Fsp3) is 0.211. The molecular weight excluding hydrogens is 370 g/mol. The van der Waals surface area contributed by atoms with Crippen molar-refractivity contribution in [3.63, 3.8) is 0 Å². The molecule has 1 saturated heterocycles. The Morgan fingerprint density at radius 1 is 0.963 bits per heavy atom. The van der Waals surface area contributed by atoms with E-state index in [4.69, 9.17) is 0 Å². The Morgan fingerprint density at radius 3 is 2.37 bits per heavy atom. The van der Waals surface area contributed by atoms with Crippen molar-refractivity contribution in [1.82, 2.24) is 14.5 Å². The van der Waals surface area contributed by atoms with Crippen molar-refractivity contribution in [3.8, 4) is 11.3 Å². The Morgan fingerprint density at radius 2 is 1.67 bits per heavy atom. The van der Waals surface area contributed by atoms with Crippen LogP contribution < -0.4 is 4.90 Å². The van der Waals surface area contributed by atoms with Gasteiger partial charge in [0.2, 0.25) is 0 Å². The second-order valence-electron chi connectivity index (χ2n) is 6.19. The predicted molar refractivity (Wildman–Crippen MR) is 99.8 cm³/mol. The molecule has 3 aromatic rings. The molecule has 27 heavy (non-hydrogen) atoms. The van der Waals surface area contributed by atoms with Gasteiger partial charge in [-0.1, -0.05) is 16.6 Å². The third-order valence-corrected chi connectivity index (χ3v) is 5.27. The molecule has 0 bridgehead atoms. The first-order chi connectivity index (χ1) is 13.1. The van der Waals surface area contributed by atoms with E-state index in [2.05, 4.69) is 9.59 Å². The van der Waals surface area contributed by atoms with E-state index < -0.39 is 0 Å². The molecule has 0 N–H and O–H groups in total. The van der Waals surface area contributed by atoms with Crippen molar-refractivity contribution < 1.29 is 13.6 Å². The van der Waals surface area contributed by atoms with Crippen LogP contribution in [0.1, 0.15) is 9.67 Å². The van der Waals surface area contributed by atoms with E-state index in [1.54, 1.807) is 35.2 Å². The predicted octanol–water partition coefficient (Wildman–Crippen LogP) is 3.45. The van der Waals surface area contributed by atoms with Gasteiger partial charge in [-0.05, 0) is 47.9 Å². The van der Waals surface area contributed by atoms with E-state index >= 15 is 0 Å². The molecule has 8 heteroatoms. The minimum absolute atomic E-state index is 0.155. The van der Waals surface area contributed by atoms with E-state index in [-0.39, 0.29) is 17.5 Å². The average molecular weight is 386 g/mol. The molecule has 1 aromatic heterocycles. The number of aromatic nitrogens is 2. The molecule has 1 aliphatic rings. The first-order valence-corrected chi connectivity index (χ1v) is 9.28. The van der Waals surface area contributed by atoms with Gasteiger partial charge in [-0.15, -0.1) is 5.10 Å². The Labute approximate surface area is 159 Å². The van der Waals surface area contributed by atoms with Gasteiger partial charge >= 0.3 is 0 Å². The maximum Gasteiger partial charge on any atom is 0.268 e. The van der Waals surface area contributed by atoms with Crippen LogP contribution in [0.2, 0.25) is 0 Å². The van der Waals surface area contributed by atoms with E-state index in [1.165, 1.54) is 18.2 Å². The highest BCUT2D eigenvalue weighted by Gasteiger charge is 2.27. The zero-order chi connectivity index (χ0) is 18.8. The number of hydrogen-bond donors (Lipinski definition) is 0. The van der Waals surface area contributed by atoms with Gasteiger partial charge in [0.1, 0.15) is 22.2 Å². The molecule has 1 amide bonds. The van der Waals surface area contributed by atoms with Gasteiger partial charge in [0, 0.05) is 31.7 Å². The lowest BCUT2D eigenvalue weighted by Gasteiger charge is -2.36. The Balaban J connectivity index is 1.48. The smallest absolute Gasteiger partial charge is 0.268 e. The van der Waals surface area contributed by atoms with Crippen molar-refractivity contribution in [2.24, 2.45) is 0 Å². The molecule has 0 aliphatic carbocycles. The van der Waals surface area contributed by atoms with E-state index in [0.717, 1.165) is 11.5 Å². The first-order valence-electron chi connectivity index (χ1n) is 8.50. The molecule has 0 saturated carbocycles.